The Hall–Kier alpha value is -2.14. The Balaban J connectivity index is 1.62. The molecule has 1 aromatic carbocycles. The first kappa shape index (κ1) is 17.7. The lowest BCUT2D eigenvalue weighted by atomic mass is 9.85. The molecule has 5 nitrogen and oxygen atoms in total. The van der Waals surface area contributed by atoms with Gasteiger partial charge in [0.1, 0.15) is 0 Å². The van der Waals surface area contributed by atoms with Crippen LogP contribution in [-0.2, 0) is 11.2 Å². The quantitative estimate of drug-likeness (QED) is 0.781. The number of aryl methyl sites for hydroxylation is 1. The van der Waals surface area contributed by atoms with Gasteiger partial charge in [0.2, 0.25) is 5.91 Å². The number of fused-ring (bicyclic) bond motifs is 1. The monoisotopic (exact) mass is 342 g/mol. The minimum Gasteiger partial charge on any atom is -0.388 e. The number of rotatable bonds is 5. The van der Waals surface area contributed by atoms with Gasteiger partial charge in [-0.15, -0.1) is 0 Å². The van der Waals surface area contributed by atoms with E-state index in [1.807, 2.05) is 25.1 Å². The number of aliphatic hydroxyl groups is 1. The average molecular weight is 342 g/mol. The molecule has 0 unspecified atom stereocenters. The van der Waals surface area contributed by atoms with E-state index < -0.39 is 5.60 Å². The summed E-state index contributed by atoms with van der Waals surface area (Å²) in [4.78, 5) is 28.0. The van der Waals surface area contributed by atoms with Crippen LogP contribution in [0.1, 0.15) is 49.8 Å². The molecule has 0 atom stereocenters. The Labute approximate surface area is 147 Å². The second kappa shape index (κ2) is 7.40. The average Bonchev–Trinajstić information content (AvgIpc) is 2.60. The van der Waals surface area contributed by atoms with Gasteiger partial charge in [-0.1, -0.05) is 31.4 Å². The van der Waals surface area contributed by atoms with Gasteiger partial charge >= 0.3 is 0 Å². The molecule has 1 aliphatic carbocycles. The molecule has 1 fully saturated rings. The molecule has 1 saturated carbocycles. The summed E-state index contributed by atoms with van der Waals surface area (Å²) in [6.45, 7) is 2.17. The molecule has 0 saturated heterocycles. The Kier molecular flexibility index (Phi) is 5.23. The van der Waals surface area contributed by atoms with Crippen LogP contribution in [0.5, 0.6) is 0 Å². The Morgan fingerprint density at radius 2 is 1.96 bits per heavy atom. The van der Waals surface area contributed by atoms with Crippen LogP contribution in [0.4, 0.5) is 0 Å². The highest BCUT2D eigenvalue weighted by molar-refractivity contribution is 5.80. The van der Waals surface area contributed by atoms with Crippen molar-refractivity contribution in [2.24, 2.45) is 0 Å². The Bertz CT molecular complexity index is 819. The van der Waals surface area contributed by atoms with Crippen LogP contribution in [0.3, 0.4) is 0 Å². The molecule has 0 radical (unpaired) electrons. The molecule has 3 N–H and O–H groups in total. The molecule has 0 spiro atoms. The summed E-state index contributed by atoms with van der Waals surface area (Å²) >= 11 is 0. The fraction of sp³-hybridized carbons (Fsp3) is 0.500. The smallest absolute Gasteiger partial charge is 0.220 e. The largest absolute Gasteiger partial charge is 0.388 e. The first-order chi connectivity index (χ1) is 12.0. The minimum atomic E-state index is -0.760. The third-order valence-electron chi connectivity index (χ3n) is 5.22. The zero-order valence-corrected chi connectivity index (χ0v) is 14.7. The number of aromatic nitrogens is 1. The van der Waals surface area contributed by atoms with Crippen molar-refractivity contribution in [2.45, 2.75) is 57.5 Å². The van der Waals surface area contributed by atoms with Gasteiger partial charge in [-0.3, -0.25) is 9.59 Å². The van der Waals surface area contributed by atoms with Crippen LogP contribution in [0.15, 0.2) is 29.1 Å². The number of hydrogen-bond donors (Lipinski definition) is 3. The van der Waals surface area contributed by atoms with Gasteiger partial charge in [0.25, 0.3) is 0 Å². The number of aromatic amines is 1. The van der Waals surface area contributed by atoms with Gasteiger partial charge in [0.05, 0.1) is 5.60 Å². The third-order valence-corrected chi connectivity index (χ3v) is 5.22. The second-order valence-electron chi connectivity index (χ2n) is 7.16. The number of amides is 1. The number of carbonyl (C=O) groups is 1. The first-order valence-corrected chi connectivity index (χ1v) is 9.08. The molecule has 0 aliphatic heterocycles. The lowest BCUT2D eigenvalue weighted by molar-refractivity contribution is -0.122. The number of hydrogen-bond acceptors (Lipinski definition) is 3. The lowest BCUT2D eigenvalue weighted by Crippen LogP contribution is -2.44. The predicted octanol–water partition coefficient (Wildman–Crippen LogP) is 2.58. The molecule has 5 heteroatoms. The summed E-state index contributed by atoms with van der Waals surface area (Å²) < 4.78 is 0. The zero-order chi connectivity index (χ0) is 17.9. The summed E-state index contributed by atoms with van der Waals surface area (Å²) in [5.41, 5.74) is 1.51. The normalized spacial score (nSPS) is 16.7. The molecule has 134 valence electrons. The standard InChI is InChI=1S/C20H26N2O3/c1-14-15(19(24)16-7-3-4-8-17(16)22-14)9-10-18(23)21-13-20(25)11-5-2-6-12-20/h3-4,7-8,25H,2,5-6,9-13H2,1H3,(H,21,23)(H,22,24). The van der Waals surface area contributed by atoms with Gasteiger partial charge in [0.15, 0.2) is 5.43 Å². The summed E-state index contributed by atoms with van der Waals surface area (Å²) in [6, 6.07) is 7.41. The van der Waals surface area contributed by atoms with Crippen LogP contribution in [0.25, 0.3) is 10.9 Å². The van der Waals surface area contributed by atoms with E-state index in [2.05, 4.69) is 10.3 Å². The van der Waals surface area contributed by atoms with Gasteiger partial charge in [-0.25, -0.2) is 0 Å². The van der Waals surface area contributed by atoms with E-state index in [0.29, 0.717) is 23.9 Å². The highest BCUT2D eigenvalue weighted by atomic mass is 16.3. The topological polar surface area (TPSA) is 82.2 Å². The number of para-hydroxylation sites is 1. The van der Waals surface area contributed by atoms with Gasteiger partial charge in [-0.05, 0) is 38.3 Å². The van der Waals surface area contributed by atoms with E-state index in [1.54, 1.807) is 6.07 Å². The molecule has 1 aliphatic rings. The van der Waals surface area contributed by atoms with Crippen molar-refractivity contribution in [3.8, 4) is 0 Å². The molecule has 1 amide bonds. The van der Waals surface area contributed by atoms with E-state index in [0.717, 1.165) is 43.3 Å². The molecule has 3 rings (SSSR count). The number of H-pyrrole nitrogens is 1. The number of pyridine rings is 1. The van der Waals surface area contributed by atoms with Crippen molar-refractivity contribution in [2.75, 3.05) is 6.54 Å². The fourth-order valence-corrected chi connectivity index (χ4v) is 3.68. The maximum atomic E-state index is 12.6. The van der Waals surface area contributed by atoms with E-state index in [4.69, 9.17) is 0 Å². The second-order valence-corrected chi connectivity index (χ2v) is 7.16. The van der Waals surface area contributed by atoms with Crippen molar-refractivity contribution in [1.29, 1.82) is 0 Å². The lowest BCUT2D eigenvalue weighted by Gasteiger charge is -2.32. The van der Waals surface area contributed by atoms with Crippen molar-refractivity contribution >= 4 is 16.8 Å². The maximum absolute atomic E-state index is 12.6. The van der Waals surface area contributed by atoms with Crippen LogP contribution in [0.2, 0.25) is 0 Å². The maximum Gasteiger partial charge on any atom is 0.220 e. The van der Waals surface area contributed by atoms with Crippen molar-refractivity contribution in [1.82, 2.24) is 10.3 Å². The zero-order valence-electron chi connectivity index (χ0n) is 14.7. The van der Waals surface area contributed by atoms with Crippen molar-refractivity contribution in [3.05, 3.63) is 45.7 Å². The molecule has 1 heterocycles. The third kappa shape index (κ3) is 4.10. The molecule has 25 heavy (non-hydrogen) atoms. The highest BCUT2D eigenvalue weighted by Gasteiger charge is 2.29. The van der Waals surface area contributed by atoms with Crippen molar-refractivity contribution in [3.63, 3.8) is 0 Å². The summed E-state index contributed by atoms with van der Waals surface area (Å²) in [5.74, 6) is -0.119. The molecular formula is C20H26N2O3. The number of carbonyl (C=O) groups excluding carboxylic acids is 1. The van der Waals surface area contributed by atoms with Crippen LogP contribution >= 0.6 is 0 Å². The Morgan fingerprint density at radius 1 is 1.24 bits per heavy atom. The van der Waals surface area contributed by atoms with Gasteiger partial charge in [-0.2, -0.15) is 0 Å². The fourth-order valence-electron chi connectivity index (χ4n) is 3.68. The van der Waals surface area contributed by atoms with E-state index >= 15 is 0 Å². The van der Waals surface area contributed by atoms with E-state index in [9.17, 15) is 14.7 Å². The van der Waals surface area contributed by atoms with E-state index in [-0.39, 0.29) is 17.8 Å². The highest BCUT2D eigenvalue weighted by Crippen LogP contribution is 2.27. The van der Waals surface area contributed by atoms with E-state index in [1.165, 1.54) is 0 Å². The minimum absolute atomic E-state index is 0.00874. The van der Waals surface area contributed by atoms with Crippen LogP contribution in [0, 0.1) is 6.92 Å². The van der Waals surface area contributed by atoms with Crippen LogP contribution in [-0.4, -0.2) is 28.1 Å². The van der Waals surface area contributed by atoms with Crippen LogP contribution < -0.4 is 10.7 Å². The van der Waals surface area contributed by atoms with Gasteiger partial charge < -0.3 is 15.4 Å². The summed E-state index contributed by atoms with van der Waals surface area (Å²) in [5, 5.41) is 13.9. The summed E-state index contributed by atoms with van der Waals surface area (Å²) in [7, 11) is 0. The SMILES string of the molecule is Cc1[nH]c2ccccc2c(=O)c1CCC(=O)NCC1(O)CCCCC1. The predicted molar refractivity (Wildman–Crippen MR) is 98.7 cm³/mol. The van der Waals surface area contributed by atoms with Gasteiger partial charge in [0, 0.05) is 35.1 Å². The molecule has 1 aromatic heterocycles. The number of nitrogens with one attached hydrogen (secondary N) is 2. The molecular weight excluding hydrogens is 316 g/mol. The Morgan fingerprint density at radius 3 is 2.72 bits per heavy atom. The number of benzene rings is 1. The first-order valence-electron chi connectivity index (χ1n) is 9.08. The molecule has 0 bridgehead atoms. The molecule has 2 aromatic rings. The summed E-state index contributed by atoms with van der Waals surface area (Å²) in [6.07, 6.45) is 5.32. The van der Waals surface area contributed by atoms with Crippen molar-refractivity contribution < 1.29 is 9.90 Å².